The molecule has 3 atom stereocenters. The van der Waals surface area contributed by atoms with E-state index in [2.05, 4.69) is 11.4 Å². The first kappa shape index (κ1) is 15.6. The Morgan fingerprint density at radius 2 is 2.00 bits per heavy atom. The van der Waals surface area contributed by atoms with E-state index in [4.69, 9.17) is 9.47 Å². The lowest BCUT2D eigenvalue weighted by atomic mass is 9.66. The summed E-state index contributed by atoms with van der Waals surface area (Å²) in [4.78, 5) is 0. The van der Waals surface area contributed by atoms with Crippen molar-refractivity contribution in [1.29, 1.82) is 0 Å². The number of piperidine rings is 1. The number of benzene rings is 1. The summed E-state index contributed by atoms with van der Waals surface area (Å²) in [5.74, 6) is 1.98. The van der Waals surface area contributed by atoms with Crippen LogP contribution in [0, 0.1) is 12.8 Å². The third kappa shape index (κ3) is 2.48. The Hall–Kier alpha value is -1.26. The van der Waals surface area contributed by atoms with Crippen LogP contribution in [-0.4, -0.2) is 31.5 Å². The monoisotopic (exact) mass is 305 g/mol. The fraction of sp³-hybridized carbons (Fsp3) is 0.667. The Kier molecular flexibility index (Phi) is 4.33. The molecule has 1 aromatic rings. The molecular weight excluding hydrogens is 278 g/mol. The maximum Gasteiger partial charge on any atom is 0.130 e. The molecule has 0 radical (unpaired) electrons. The minimum atomic E-state index is -0.521. The van der Waals surface area contributed by atoms with Gasteiger partial charge in [0.05, 0.1) is 19.8 Å². The summed E-state index contributed by atoms with van der Waals surface area (Å²) in [6.07, 6.45) is 5.18. The molecule has 2 fully saturated rings. The topological polar surface area (TPSA) is 50.7 Å². The molecule has 1 heterocycles. The van der Waals surface area contributed by atoms with Crippen molar-refractivity contribution in [1.82, 2.24) is 5.32 Å². The van der Waals surface area contributed by atoms with E-state index in [9.17, 15) is 5.11 Å². The SMILES string of the molecule is COc1ccc([C@@H]2NCC[C@]3(O)CCCC[C@H]23)c(OC)c1C. The molecule has 0 bridgehead atoms. The van der Waals surface area contributed by atoms with Gasteiger partial charge in [0.1, 0.15) is 11.5 Å². The van der Waals surface area contributed by atoms with Crippen LogP contribution in [0.3, 0.4) is 0 Å². The maximum absolute atomic E-state index is 11.1. The van der Waals surface area contributed by atoms with Crippen LogP contribution in [0.1, 0.15) is 49.3 Å². The van der Waals surface area contributed by atoms with Gasteiger partial charge in [0.25, 0.3) is 0 Å². The van der Waals surface area contributed by atoms with E-state index in [1.165, 1.54) is 6.42 Å². The molecule has 0 unspecified atom stereocenters. The molecule has 3 rings (SSSR count). The summed E-state index contributed by atoms with van der Waals surface area (Å²) in [5, 5.41) is 14.7. The molecule has 22 heavy (non-hydrogen) atoms. The highest BCUT2D eigenvalue weighted by Gasteiger charge is 2.46. The minimum Gasteiger partial charge on any atom is -0.496 e. The smallest absolute Gasteiger partial charge is 0.130 e. The average Bonchev–Trinajstić information content (AvgIpc) is 2.53. The molecule has 1 aliphatic carbocycles. The lowest BCUT2D eigenvalue weighted by molar-refractivity contribution is -0.0863. The van der Waals surface area contributed by atoms with E-state index in [-0.39, 0.29) is 12.0 Å². The first-order valence-electron chi connectivity index (χ1n) is 8.28. The standard InChI is InChI=1S/C18H27NO3/c1-12-15(21-2)8-7-13(17(12)22-3)16-14-6-4-5-9-18(14,20)10-11-19-16/h7-8,14,16,19-20H,4-6,9-11H2,1-3H3/t14-,16+,18-/m1/s1. The number of hydrogen-bond acceptors (Lipinski definition) is 4. The van der Waals surface area contributed by atoms with Gasteiger partial charge in [0.2, 0.25) is 0 Å². The second-order valence-electron chi connectivity index (χ2n) is 6.65. The Labute approximate surface area is 132 Å². The second-order valence-corrected chi connectivity index (χ2v) is 6.65. The summed E-state index contributed by atoms with van der Waals surface area (Å²) >= 11 is 0. The third-order valence-electron chi connectivity index (χ3n) is 5.54. The van der Waals surface area contributed by atoms with Crippen molar-refractivity contribution in [3.8, 4) is 11.5 Å². The molecule has 0 amide bonds. The molecule has 0 spiro atoms. The lowest BCUT2D eigenvalue weighted by Gasteiger charge is -2.48. The number of methoxy groups -OCH3 is 2. The normalized spacial score (nSPS) is 31.5. The number of aliphatic hydroxyl groups is 1. The number of hydrogen-bond donors (Lipinski definition) is 2. The summed E-state index contributed by atoms with van der Waals surface area (Å²) in [6, 6.07) is 4.24. The van der Waals surface area contributed by atoms with Gasteiger partial charge in [0, 0.05) is 23.1 Å². The van der Waals surface area contributed by atoms with Crippen molar-refractivity contribution in [2.24, 2.45) is 5.92 Å². The Morgan fingerprint density at radius 3 is 2.73 bits per heavy atom. The first-order valence-corrected chi connectivity index (χ1v) is 8.28. The minimum absolute atomic E-state index is 0.151. The molecule has 0 aromatic heterocycles. The van der Waals surface area contributed by atoms with Gasteiger partial charge in [-0.2, -0.15) is 0 Å². The second kappa shape index (κ2) is 6.09. The van der Waals surface area contributed by atoms with Crippen LogP contribution in [-0.2, 0) is 0 Å². The molecule has 4 nitrogen and oxygen atoms in total. The van der Waals surface area contributed by atoms with Crippen LogP contribution < -0.4 is 14.8 Å². The van der Waals surface area contributed by atoms with Crippen LogP contribution in [0.25, 0.3) is 0 Å². The lowest BCUT2D eigenvalue weighted by Crippen LogP contribution is -2.53. The first-order chi connectivity index (χ1) is 10.6. The van der Waals surface area contributed by atoms with E-state index in [1.54, 1.807) is 14.2 Å². The zero-order chi connectivity index (χ0) is 15.7. The highest BCUT2D eigenvalue weighted by atomic mass is 16.5. The van der Waals surface area contributed by atoms with Gasteiger partial charge in [-0.05, 0) is 38.8 Å². The van der Waals surface area contributed by atoms with E-state index in [0.717, 1.165) is 54.9 Å². The highest BCUT2D eigenvalue weighted by molar-refractivity contribution is 5.51. The van der Waals surface area contributed by atoms with Gasteiger partial charge in [-0.1, -0.05) is 18.9 Å². The van der Waals surface area contributed by atoms with Crippen molar-refractivity contribution >= 4 is 0 Å². The Morgan fingerprint density at radius 1 is 1.18 bits per heavy atom. The van der Waals surface area contributed by atoms with Crippen molar-refractivity contribution in [2.45, 2.75) is 50.7 Å². The van der Waals surface area contributed by atoms with Gasteiger partial charge in [-0.25, -0.2) is 0 Å². The van der Waals surface area contributed by atoms with Crippen molar-refractivity contribution < 1.29 is 14.6 Å². The third-order valence-corrected chi connectivity index (χ3v) is 5.54. The number of nitrogens with one attached hydrogen (secondary N) is 1. The quantitative estimate of drug-likeness (QED) is 0.901. The average molecular weight is 305 g/mol. The Balaban J connectivity index is 2.01. The molecule has 122 valence electrons. The van der Waals surface area contributed by atoms with E-state index < -0.39 is 5.60 Å². The molecule has 1 saturated carbocycles. The van der Waals surface area contributed by atoms with Crippen molar-refractivity contribution in [3.05, 3.63) is 23.3 Å². The van der Waals surface area contributed by atoms with E-state index in [0.29, 0.717) is 0 Å². The molecule has 4 heteroatoms. The summed E-state index contributed by atoms with van der Waals surface area (Å²) < 4.78 is 11.1. The van der Waals surface area contributed by atoms with Crippen LogP contribution in [0.2, 0.25) is 0 Å². The van der Waals surface area contributed by atoms with Gasteiger partial charge in [0.15, 0.2) is 0 Å². The van der Waals surface area contributed by atoms with Crippen LogP contribution in [0.4, 0.5) is 0 Å². The summed E-state index contributed by atoms with van der Waals surface area (Å²) in [6.45, 7) is 2.88. The van der Waals surface area contributed by atoms with Gasteiger partial charge >= 0.3 is 0 Å². The molecule has 2 aliphatic rings. The van der Waals surface area contributed by atoms with Gasteiger partial charge in [-0.15, -0.1) is 0 Å². The highest BCUT2D eigenvalue weighted by Crippen LogP contribution is 2.48. The molecule has 2 N–H and O–H groups in total. The van der Waals surface area contributed by atoms with Crippen molar-refractivity contribution in [2.75, 3.05) is 20.8 Å². The molecule has 1 aromatic carbocycles. The van der Waals surface area contributed by atoms with E-state index >= 15 is 0 Å². The van der Waals surface area contributed by atoms with Crippen LogP contribution >= 0.6 is 0 Å². The summed E-state index contributed by atoms with van der Waals surface area (Å²) in [7, 11) is 3.39. The van der Waals surface area contributed by atoms with Crippen LogP contribution in [0.5, 0.6) is 11.5 Å². The maximum atomic E-state index is 11.1. The van der Waals surface area contributed by atoms with Gasteiger partial charge in [-0.3, -0.25) is 0 Å². The van der Waals surface area contributed by atoms with E-state index in [1.807, 2.05) is 13.0 Å². The fourth-order valence-corrected chi connectivity index (χ4v) is 4.38. The van der Waals surface area contributed by atoms with Gasteiger partial charge < -0.3 is 19.9 Å². The largest absolute Gasteiger partial charge is 0.496 e. The summed E-state index contributed by atoms with van der Waals surface area (Å²) in [5.41, 5.74) is 1.65. The predicted molar refractivity (Wildman–Crippen MR) is 86.6 cm³/mol. The number of rotatable bonds is 3. The molecule has 1 aliphatic heterocycles. The number of ether oxygens (including phenoxy) is 2. The molecule has 1 saturated heterocycles. The number of fused-ring (bicyclic) bond motifs is 1. The van der Waals surface area contributed by atoms with Crippen LogP contribution in [0.15, 0.2) is 12.1 Å². The fourth-order valence-electron chi connectivity index (χ4n) is 4.38. The predicted octanol–water partition coefficient (Wildman–Crippen LogP) is 2.97. The zero-order valence-electron chi connectivity index (χ0n) is 13.8. The Bertz CT molecular complexity index is 541. The molecular formula is C18H27NO3. The van der Waals surface area contributed by atoms with Crippen molar-refractivity contribution in [3.63, 3.8) is 0 Å². The zero-order valence-corrected chi connectivity index (χ0v) is 13.8.